The maximum absolute atomic E-state index is 12.6. The highest BCUT2D eigenvalue weighted by Gasteiger charge is 2.29. The molecular formula is C19H23ClN2O3S. The summed E-state index contributed by atoms with van der Waals surface area (Å²) < 4.78 is 25.7. The maximum atomic E-state index is 12.6. The lowest BCUT2D eigenvalue weighted by molar-refractivity contribution is -0.116. The minimum atomic E-state index is -3.64. The first-order valence-corrected chi connectivity index (χ1v) is 10.5. The van der Waals surface area contributed by atoms with E-state index in [1.807, 2.05) is 26.0 Å². The first kappa shape index (κ1) is 20.3. The molecule has 2 aromatic rings. The van der Waals surface area contributed by atoms with E-state index in [4.69, 9.17) is 11.6 Å². The van der Waals surface area contributed by atoms with Crippen molar-refractivity contribution in [2.45, 2.75) is 33.2 Å². The van der Waals surface area contributed by atoms with Gasteiger partial charge in [0.05, 0.1) is 11.9 Å². The van der Waals surface area contributed by atoms with Crippen molar-refractivity contribution in [1.82, 2.24) is 0 Å². The molecule has 0 saturated carbocycles. The van der Waals surface area contributed by atoms with E-state index in [9.17, 15) is 13.2 Å². The molecule has 140 valence electrons. The largest absolute Gasteiger partial charge is 0.324 e. The number of hydrogen-bond acceptors (Lipinski definition) is 3. The average Bonchev–Trinajstić information content (AvgIpc) is 2.57. The molecule has 1 unspecified atom stereocenters. The summed E-state index contributed by atoms with van der Waals surface area (Å²) in [6.45, 7) is 5.44. The Hall–Kier alpha value is -2.05. The van der Waals surface area contributed by atoms with Crippen LogP contribution < -0.4 is 9.62 Å². The van der Waals surface area contributed by atoms with E-state index in [0.29, 0.717) is 16.4 Å². The van der Waals surface area contributed by atoms with Crippen molar-refractivity contribution in [3.63, 3.8) is 0 Å². The summed E-state index contributed by atoms with van der Waals surface area (Å²) in [4.78, 5) is 12.6. The smallest absolute Gasteiger partial charge is 0.247 e. The molecule has 2 aromatic carbocycles. The van der Waals surface area contributed by atoms with E-state index in [-0.39, 0.29) is 0 Å². The number of amides is 1. The van der Waals surface area contributed by atoms with Gasteiger partial charge in [-0.1, -0.05) is 36.7 Å². The van der Waals surface area contributed by atoms with E-state index < -0.39 is 22.0 Å². The molecule has 0 aliphatic carbocycles. The summed E-state index contributed by atoms with van der Waals surface area (Å²) in [6.07, 6.45) is 1.94. The molecule has 0 aliphatic heterocycles. The van der Waals surface area contributed by atoms with Crippen molar-refractivity contribution in [2.24, 2.45) is 0 Å². The zero-order chi connectivity index (χ0) is 19.5. The fourth-order valence-corrected chi connectivity index (χ4v) is 3.96. The second-order valence-electron chi connectivity index (χ2n) is 6.21. The third kappa shape index (κ3) is 4.77. The molecule has 0 heterocycles. The Morgan fingerprint density at radius 1 is 1.19 bits per heavy atom. The number of halogens is 1. The molecule has 0 aromatic heterocycles. The summed E-state index contributed by atoms with van der Waals surface area (Å²) >= 11 is 6.08. The molecule has 1 atom stereocenters. The van der Waals surface area contributed by atoms with E-state index in [0.717, 1.165) is 28.1 Å². The molecule has 0 saturated heterocycles. The molecule has 0 fully saturated rings. The minimum Gasteiger partial charge on any atom is -0.324 e. The van der Waals surface area contributed by atoms with Crippen molar-refractivity contribution in [1.29, 1.82) is 0 Å². The average molecular weight is 395 g/mol. The van der Waals surface area contributed by atoms with Crippen molar-refractivity contribution in [3.8, 4) is 0 Å². The SMILES string of the molecule is CCc1ccc(N(C(C)C(=O)Nc2ccc(C)c(Cl)c2)S(C)(=O)=O)cc1. The topological polar surface area (TPSA) is 66.5 Å². The van der Waals surface area contributed by atoms with Crippen LogP contribution in [-0.2, 0) is 21.2 Å². The second-order valence-corrected chi connectivity index (χ2v) is 8.47. The summed E-state index contributed by atoms with van der Waals surface area (Å²) in [5, 5.41) is 3.26. The Morgan fingerprint density at radius 3 is 2.31 bits per heavy atom. The molecule has 0 bridgehead atoms. The zero-order valence-corrected chi connectivity index (χ0v) is 16.9. The van der Waals surface area contributed by atoms with Crippen LogP contribution in [0.4, 0.5) is 11.4 Å². The Bertz CT molecular complexity index is 896. The molecule has 7 heteroatoms. The number of anilines is 2. The van der Waals surface area contributed by atoms with Gasteiger partial charge in [0.1, 0.15) is 6.04 Å². The Morgan fingerprint density at radius 2 is 1.81 bits per heavy atom. The van der Waals surface area contributed by atoms with Crippen LogP contribution in [0, 0.1) is 6.92 Å². The third-order valence-corrected chi connectivity index (χ3v) is 5.78. The molecule has 0 aliphatic rings. The number of nitrogens with zero attached hydrogens (tertiary/aromatic N) is 1. The monoisotopic (exact) mass is 394 g/mol. The van der Waals surface area contributed by atoms with Crippen LogP contribution in [0.2, 0.25) is 5.02 Å². The first-order valence-electron chi connectivity index (χ1n) is 8.29. The predicted molar refractivity (Wildman–Crippen MR) is 107 cm³/mol. The lowest BCUT2D eigenvalue weighted by Gasteiger charge is -2.28. The van der Waals surface area contributed by atoms with Gasteiger partial charge in [-0.3, -0.25) is 9.10 Å². The molecule has 0 spiro atoms. The third-order valence-electron chi connectivity index (χ3n) is 4.13. The standard InChI is InChI=1S/C19H23ClN2O3S/c1-5-15-7-10-17(11-8-15)22(26(4,24)25)14(3)19(23)21-16-9-6-13(2)18(20)12-16/h6-12,14H,5H2,1-4H3,(H,21,23). The number of rotatable bonds is 6. The normalized spacial score (nSPS) is 12.5. The summed E-state index contributed by atoms with van der Waals surface area (Å²) in [6, 6.07) is 11.4. The summed E-state index contributed by atoms with van der Waals surface area (Å²) in [5.74, 6) is -0.435. The van der Waals surface area contributed by atoms with Gasteiger partial charge in [-0.15, -0.1) is 0 Å². The molecule has 0 radical (unpaired) electrons. The second kappa shape index (κ2) is 8.10. The Labute approximate surface area is 160 Å². The molecule has 1 N–H and O–H groups in total. The van der Waals surface area contributed by atoms with Gasteiger partial charge >= 0.3 is 0 Å². The lowest BCUT2D eigenvalue weighted by atomic mass is 10.1. The van der Waals surface area contributed by atoms with E-state index >= 15 is 0 Å². The van der Waals surface area contributed by atoms with E-state index in [2.05, 4.69) is 5.32 Å². The lowest BCUT2D eigenvalue weighted by Crippen LogP contribution is -2.45. The van der Waals surface area contributed by atoms with Crippen molar-refractivity contribution >= 4 is 38.9 Å². The molecule has 1 amide bonds. The quantitative estimate of drug-likeness (QED) is 0.805. The van der Waals surface area contributed by atoms with Crippen molar-refractivity contribution in [2.75, 3.05) is 15.9 Å². The van der Waals surface area contributed by atoms with Gasteiger partial charge in [0.25, 0.3) is 0 Å². The van der Waals surface area contributed by atoms with Crippen molar-refractivity contribution < 1.29 is 13.2 Å². The van der Waals surface area contributed by atoms with Gasteiger partial charge in [0.15, 0.2) is 0 Å². The zero-order valence-electron chi connectivity index (χ0n) is 15.3. The van der Waals surface area contributed by atoms with E-state index in [1.54, 1.807) is 37.3 Å². The number of sulfonamides is 1. The predicted octanol–water partition coefficient (Wildman–Crippen LogP) is 4.00. The Kier molecular flexibility index (Phi) is 6.31. The highest BCUT2D eigenvalue weighted by Crippen LogP contribution is 2.24. The number of aryl methyl sites for hydroxylation is 2. The number of carbonyl (C=O) groups is 1. The molecule has 2 rings (SSSR count). The van der Waals surface area contributed by atoms with Crippen LogP contribution in [0.5, 0.6) is 0 Å². The van der Waals surface area contributed by atoms with Crippen LogP contribution in [0.3, 0.4) is 0 Å². The van der Waals surface area contributed by atoms with Gasteiger partial charge in [0.2, 0.25) is 15.9 Å². The fourth-order valence-electron chi connectivity index (χ4n) is 2.60. The molecule has 26 heavy (non-hydrogen) atoms. The van der Waals surface area contributed by atoms with Crippen LogP contribution in [0.1, 0.15) is 25.0 Å². The van der Waals surface area contributed by atoms with E-state index in [1.165, 1.54) is 0 Å². The number of hydrogen-bond donors (Lipinski definition) is 1. The van der Waals surface area contributed by atoms with Gasteiger partial charge in [-0.2, -0.15) is 0 Å². The van der Waals surface area contributed by atoms with Gasteiger partial charge in [0, 0.05) is 10.7 Å². The maximum Gasteiger partial charge on any atom is 0.247 e. The highest BCUT2D eigenvalue weighted by molar-refractivity contribution is 7.92. The number of carbonyl (C=O) groups excluding carboxylic acids is 1. The van der Waals surface area contributed by atoms with Crippen LogP contribution in [-0.4, -0.2) is 26.6 Å². The first-order chi connectivity index (χ1) is 12.1. The Balaban J connectivity index is 2.29. The van der Waals surface area contributed by atoms with Gasteiger partial charge in [-0.25, -0.2) is 8.42 Å². The van der Waals surface area contributed by atoms with Gasteiger partial charge < -0.3 is 5.32 Å². The number of nitrogens with one attached hydrogen (secondary N) is 1. The van der Waals surface area contributed by atoms with Crippen LogP contribution in [0.15, 0.2) is 42.5 Å². The molecule has 5 nitrogen and oxygen atoms in total. The minimum absolute atomic E-state index is 0.435. The van der Waals surface area contributed by atoms with Crippen LogP contribution in [0.25, 0.3) is 0 Å². The van der Waals surface area contributed by atoms with Crippen LogP contribution >= 0.6 is 11.6 Å². The molecular weight excluding hydrogens is 372 g/mol. The van der Waals surface area contributed by atoms with Crippen molar-refractivity contribution in [3.05, 3.63) is 58.6 Å². The summed E-state index contributed by atoms with van der Waals surface area (Å²) in [7, 11) is -3.64. The van der Waals surface area contributed by atoms with Gasteiger partial charge in [-0.05, 0) is 55.7 Å². The highest BCUT2D eigenvalue weighted by atomic mass is 35.5. The number of benzene rings is 2. The fraction of sp³-hybridized carbons (Fsp3) is 0.316. The summed E-state index contributed by atoms with van der Waals surface area (Å²) in [5.41, 5.74) is 2.96.